The summed E-state index contributed by atoms with van der Waals surface area (Å²) in [6, 6.07) is 11.3. The molecule has 1 aliphatic rings. The third kappa shape index (κ3) is 5.58. The maximum absolute atomic E-state index is 13.2. The quantitative estimate of drug-likeness (QED) is 0.511. The molecule has 1 amide bonds. The second kappa shape index (κ2) is 10.5. The molecule has 0 atom stereocenters. The molecule has 0 aliphatic carbocycles. The molecule has 1 aliphatic heterocycles. The van der Waals surface area contributed by atoms with Gasteiger partial charge in [0.25, 0.3) is 0 Å². The second-order valence-corrected chi connectivity index (χ2v) is 8.93. The van der Waals surface area contributed by atoms with Gasteiger partial charge in [-0.2, -0.15) is 28.1 Å². The van der Waals surface area contributed by atoms with E-state index in [2.05, 4.69) is 20.6 Å². The Bertz CT molecular complexity index is 1220. The fourth-order valence-corrected chi connectivity index (χ4v) is 4.52. The molecule has 36 heavy (non-hydrogen) atoms. The van der Waals surface area contributed by atoms with E-state index in [1.54, 1.807) is 7.05 Å². The molecule has 0 spiro atoms. The zero-order chi connectivity index (χ0) is 25.9. The van der Waals surface area contributed by atoms with E-state index in [4.69, 9.17) is 4.98 Å². The number of hydrogen-bond acceptors (Lipinski definition) is 6. The van der Waals surface area contributed by atoms with E-state index in [1.165, 1.54) is 18.2 Å². The molecule has 3 aromatic rings. The number of aryl methyl sites for hydroxylation is 2. The largest absolute Gasteiger partial charge is 0.416 e. The third-order valence-electron chi connectivity index (χ3n) is 6.48. The van der Waals surface area contributed by atoms with Crippen LogP contribution in [0.4, 0.5) is 25.1 Å². The number of nitrogens with one attached hydrogen (secondary N) is 2. The van der Waals surface area contributed by atoms with Crippen LogP contribution in [-0.2, 0) is 17.5 Å². The number of alkyl halides is 3. The first-order valence-electron chi connectivity index (χ1n) is 11.9. The molecule has 0 saturated carbocycles. The maximum Gasteiger partial charge on any atom is 0.416 e. The number of benzene rings is 2. The summed E-state index contributed by atoms with van der Waals surface area (Å²) in [5.74, 6) is 1.05. The van der Waals surface area contributed by atoms with Crippen molar-refractivity contribution in [3.63, 3.8) is 0 Å². The molecule has 1 fully saturated rings. The molecule has 1 saturated heterocycles. The van der Waals surface area contributed by atoms with Crippen molar-refractivity contribution >= 4 is 17.8 Å². The third-order valence-corrected chi connectivity index (χ3v) is 6.48. The van der Waals surface area contributed by atoms with Crippen molar-refractivity contribution in [2.75, 3.05) is 30.4 Å². The Kier molecular flexibility index (Phi) is 7.42. The Hall–Kier alpha value is -3.69. The smallest absolute Gasteiger partial charge is 0.357 e. The van der Waals surface area contributed by atoms with Crippen molar-refractivity contribution < 1.29 is 18.0 Å². The van der Waals surface area contributed by atoms with Gasteiger partial charge in [0.05, 0.1) is 5.56 Å². The zero-order valence-corrected chi connectivity index (χ0v) is 20.5. The Labute approximate surface area is 208 Å². The monoisotopic (exact) mass is 498 g/mol. The van der Waals surface area contributed by atoms with Gasteiger partial charge in [-0.05, 0) is 49.4 Å². The molecule has 1 aromatic heterocycles. The Morgan fingerprint density at radius 3 is 2.31 bits per heavy atom. The van der Waals surface area contributed by atoms with Gasteiger partial charge in [-0.15, -0.1) is 0 Å². The first-order chi connectivity index (χ1) is 17.2. The van der Waals surface area contributed by atoms with E-state index in [1.807, 2.05) is 36.9 Å². The van der Waals surface area contributed by atoms with Crippen LogP contribution in [0.25, 0.3) is 11.4 Å². The molecule has 0 unspecified atom stereocenters. The normalized spacial score (nSPS) is 14.6. The lowest BCUT2D eigenvalue weighted by molar-refractivity contribution is -0.138. The highest BCUT2D eigenvalue weighted by molar-refractivity contribution is 5.79. The highest BCUT2D eigenvalue weighted by atomic mass is 19.4. The zero-order valence-electron chi connectivity index (χ0n) is 20.5. The van der Waals surface area contributed by atoms with Gasteiger partial charge in [0.15, 0.2) is 5.82 Å². The van der Waals surface area contributed by atoms with Crippen molar-refractivity contribution in [1.82, 2.24) is 20.3 Å². The summed E-state index contributed by atoms with van der Waals surface area (Å²) in [6.45, 7) is 4.98. The summed E-state index contributed by atoms with van der Waals surface area (Å²) >= 11 is 0. The van der Waals surface area contributed by atoms with Gasteiger partial charge >= 0.3 is 6.18 Å². The molecule has 0 radical (unpaired) electrons. The van der Waals surface area contributed by atoms with Gasteiger partial charge in [0.1, 0.15) is 0 Å². The van der Waals surface area contributed by atoms with Crippen molar-refractivity contribution in [3.05, 3.63) is 64.7 Å². The fourth-order valence-electron chi connectivity index (χ4n) is 4.52. The number of nitrogens with zero attached hydrogens (tertiary/aromatic N) is 4. The van der Waals surface area contributed by atoms with E-state index in [0.29, 0.717) is 43.7 Å². The van der Waals surface area contributed by atoms with E-state index in [9.17, 15) is 18.0 Å². The Balaban J connectivity index is 1.43. The minimum Gasteiger partial charge on any atom is -0.357 e. The number of carbonyl (C=O) groups excluding carboxylic acids is 1. The van der Waals surface area contributed by atoms with Crippen LogP contribution in [-0.4, -0.2) is 41.0 Å². The number of aromatic nitrogens is 3. The molecule has 2 aromatic carbocycles. The minimum atomic E-state index is -4.46. The molecular weight excluding hydrogens is 469 g/mol. The highest BCUT2D eigenvalue weighted by Crippen LogP contribution is 2.32. The van der Waals surface area contributed by atoms with Gasteiger partial charge in [-0.1, -0.05) is 36.4 Å². The molecule has 7 nitrogen and oxygen atoms in total. The SMILES string of the molecule is CNc1nc(-c2c(C)cccc2C)nc(N2CCC(C(=O)NCc3ccccc3C(F)(F)F)CC2)n1. The first kappa shape index (κ1) is 25.4. The topological polar surface area (TPSA) is 83.0 Å². The summed E-state index contributed by atoms with van der Waals surface area (Å²) < 4.78 is 39.7. The van der Waals surface area contributed by atoms with E-state index in [-0.39, 0.29) is 23.9 Å². The summed E-state index contributed by atoms with van der Waals surface area (Å²) in [5, 5.41) is 5.69. The predicted octanol–water partition coefficient (Wildman–Crippen LogP) is 4.75. The number of hydrogen-bond donors (Lipinski definition) is 2. The standard InChI is InChI=1S/C26H29F3N6O/c1-16-7-6-8-17(2)21(16)22-32-24(30-3)34-25(33-22)35-13-11-18(12-14-35)23(36)31-15-19-9-4-5-10-20(19)26(27,28)29/h4-10,18H,11-15H2,1-3H3,(H,31,36)(H,30,32,33,34). The summed E-state index contributed by atoms with van der Waals surface area (Å²) in [7, 11) is 1.75. The molecular formula is C26H29F3N6O. The Morgan fingerprint density at radius 2 is 1.67 bits per heavy atom. The van der Waals surface area contributed by atoms with Crippen LogP contribution in [0.2, 0.25) is 0 Å². The highest BCUT2D eigenvalue weighted by Gasteiger charge is 2.33. The molecule has 0 bridgehead atoms. The lowest BCUT2D eigenvalue weighted by Crippen LogP contribution is -2.41. The number of carbonyl (C=O) groups is 1. The summed E-state index contributed by atoms with van der Waals surface area (Å²) in [6.07, 6.45) is -3.36. The molecule has 10 heteroatoms. The van der Waals surface area contributed by atoms with Gasteiger partial charge < -0.3 is 15.5 Å². The van der Waals surface area contributed by atoms with E-state index < -0.39 is 11.7 Å². The van der Waals surface area contributed by atoms with Crippen molar-refractivity contribution in [2.45, 2.75) is 39.4 Å². The van der Waals surface area contributed by atoms with Crippen molar-refractivity contribution in [1.29, 1.82) is 0 Å². The molecule has 4 rings (SSSR count). The molecule has 190 valence electrons. The van der Waals surface area contributed by atoms with E-state index >= 15 is 0 Å². The van der Waals surface area contributed by atoms with Gasteiger partial charge in [0, 0.05) is 38.2 Å². The number of amides is 1. The maximum atomic E-state index is 13.2. The number of halogens is 3. The lowest BCUT2D eigenvalue weighted by Gasteiger charge is -2.31. The number of anilines is 2. The van der Waals surface area contributed by atoms with Crippen LogP contribution in [0.3, 0.4) is 0 Å². The number of piperidine rings is 1. The van der Waals surface area contributed by atoms with Gasteiger partial charge in [0.2, 0.25) is 17.8 Å². The number of rotatable bonds is 6. The van der Waals surface area contributed by atoms with Crippen LogP contribution < -0.4 is 15.5 Å². The van der Waals surface area contributed by atoms with Gasteiger partial charge in [-0.3, -0.25) is 4.79 Å². The Morgan fingerprint density at radius 1 is 1.00 bits per heavy atom. The van der Waals surface area contributed by atoms with Crippen LogP contribution in [0.5, 0.6) is 0 Å². The average Bonchev–Trinajstić information content (AvgIpc) is 2.86. The molecule has 2 N–H and O–H groups in total. The first-order valence-corrected chi connectivity index (χ1v) is 11.9. The van der Waals surface area contributed by atoms with Crippen molar-refractivity contribution in [3.8, 4) is 11.4 Å². The second-order valence-electron chi connectivity index (χ2n) is 8.93. The fraction of sp³-hybridized carbons (Fsp3) is 0.385. The lowest BCUT2D eigenvalue weighted by atomic mass is 9.96. The van der Waals surface area contributed by atoms with Crippen molar-refractivity contribution in [2.24, 2.45) is 5.92 Å². The van der Waals surface area contributed by atoms with Crippen LogP contribution in [0, 0.1) is 19.8 Å². The summed E-state index contributed by atoms with van der Waals surface area (Å²) in [5.41, 5.74) is 2.42. The summed E-state index contributed by atoms with van der Waals surface area (Å²) in [4.78, 5) is 28.6. The predicted molar refractivity (Wildman–Crippen MR) is 133 cm³/mol. The average molecular weight is 499 g/mol. The van der Waals surface area contributed by atoms with Gasteiger partial charge in [-0.25, -0.2) is 0 Å². The van der Waals surface area contributed by atoms with Crippen LogP contribution in [0.15, 0.2) is 42.5 Å². The van der Waals surface area contributed by atoms with Crippen LogP contribution in [0.1, 0.15) is 35.1 Å². The molecule has 2 heterocycles. The van der Waals surface area contributed by atoms with Crippen LogP contribution >= 0.6 is 0 Å². The minimum absolute atomic E-state index is 0.0552. The van der Waals surface area contributed by atoms with E-state index in [0.717, 1.165) is 22.8 Å².